The van der Waals surface area contributed by atoms with E-state index in [0.29, 0.717) is 18.4 Å². The van der Waals surface area contributed by atoms with Crippen LogP contribution in [0.15, 0.2) is 185 Å². The summed E-state index contributed by atoms with van der Waals surface area (Å²) in [6, 6.07) is 58.0. The fourth-order valence-electron chi connectivity index (χ4n) is 13.7. The van der Waals surface area contributed by atoms with E-state index < -0.39 is 6.17 Å². The Balaban J connectivity index is 0.000000157. The molecule has 101 heavy (non-hydrogen) atoms. The van der Waals surface area contributed by atoms with Gasteiger partial charge in [0, 0.05) is 107 Å². The topological polar surface area (TPSA) is 108 Å². The standard InChI is InChI=1S/C22H25ClN2S.C22H26N2S.C21H23ClN2S.C20H20ClFN2S/c1-15-7-20(23)10-21(8-15)26-22-5-4-18(11-24)9-19(22)14-25-12-16(2)6-17(3)13-25;1-16-6-8-24(9-7-16)15-20-13-19(14-23)4-5-22(20)25-21-11-17(2)10-18(3)12-21;1-15-5-7-24(8-6-15)14-18-11-17(13-23)3-4-21(18)25-20-10-16(2)9-19(22)12-20;1-14-8-17(21)11-19(9-14)25-20-3-2-15(12-23)10-16(20)13-24-6-4-18(22)5-7-24/h4-5,7-10,16-17H,6,12-14H2,1-3H3;4-5,10-13,16H,6-9,15H2,1-3H3;3-4,9-12,15H,5-8,14H2,1-2H3;2-3,8-11,18H,4-7,13H2,1H3. The van der Waals surface area contributed by atoms with Crippen molar-refractivity contribution in [2.75, 3.05) is 52.4 Å². The van der Waals surface area contributed by atoms with E-state index in [1.165, 1.54) is 79.5 Å². The molecule has 0 radical (unpaired) electrons. The van der Waals surface area contributed by atoms with Crippen molar-refractivity contribution in [3.63, 3.8) is 0 Å². The molecule has 0 aromatic heterocycles. The Morgan fingerprint density at radius 1 is 0.347 bits per heavy atom. The van der Waals surface area contributed by atoms with Crippen LogP contribution in [0.1, 0.15) is 145 Å². The summed E-state index contributed by atoms with van der Waals surface area (Å²) in [6.45, 7) is 31.6. The van der Waals surface area contributed by atoms with Crippen LogP contribution >= 0.6 is 81.9 Å². The number of nitriles is 4. The van der Waals surface area contributed by atoms with Crippen molar-refractivity contribution < 1.29 is 4.39 Å². The van der Waals surface area contributed by atoms with Crippen molar-refractivity contribution >= 4 is 81.9 Å². The van der Waals surface area contributed by atoms with Crippen LogP contribution in [-0.4, -0.2) is 78.1 Å². The molecule has 0 amide bonds. The van der Waals surface area contributed by atoms with Crippen molar-refractivity contribution in [2.45, 2.75) is 179 Å². The van der Waals surface area contributed by atoms with Gasteiger partial charge in [0.15, 0.2) is 0 Å². The molecule has 0 bridgehead atoms. The number of hydrogen-bond acceptors (Lipinski definition) is 12. The van der Waals surface area contributed by atoms with E-state index in [1.807, 2.05) is 104 Å². The van der Waals surface area contributed by atoms with Crippen LogP contribution in [-0.2, 0) is 26.2 Å². The molecule has 16 heteroatoms. The van der Waals surface area contributed by atoms with Gasteiger partial charge in [0.05, 0.1) is 46.5 Å². The van der Waals surface area contributed by atoms with E-state index in [-0.39, 0.29) is 0 Å². The minimum Gasteiger partial charge on any atom is -0.299 e. The summed E-state index contributed by atoms with van der Waals surface area (Å²) in [6.07, 6.45) is 6.88. The first-order valence-electron chi connectivity index (χ1n) is 35.3. The summed E-state index contributed by atoms with van der Waals surface area (Å²) in [5.41, 5.74) is 13.7. The lowest BCUT2D eigenvalue weighted by Crippen LogP contribution is -2.38. The first-order valence-corrected chi connectivity index (χ1v) is 39.7. The molecule has 0 spiro atoms. The highest BCUT2D eigenvalue weighted by Crippen LogP contribution is 2.39. The number of nitrogens with zero attached hydrogens (tertiary/aromatic N) is 8. The maximum absolute atomic E-state index is 13.4. The Morgan fingerprint density at radius 3 is 0.881 bits per heavy atom. The second-order valence-electron chi connectivity index (χ2n) is 28.4. The number of halogens is 4. The second kappa shape index (κ2) is 39.0. The van der Waals surface area contributed by atoms with Gasteiger partial charge in [0.2, 0.25) is 0 Å². The van der Waals surface area contributed by atoms with Gasteiger partial charge in [0.25, 0.3) is 0 Å². The summed E-state index contributed by atoms with van der Waals surface area (Å²) in [7, 11) is 0. The Hall–Kier alpha value is -6.24. The highest BCUT2D eigenvalue weighted by molar-refractivity contribution is 8.00. The van der Waals surface area contributed by atoms with Crippen LogP contribution in [0, 0.1) is 104 Å². The van der Waals surface area contributed by atoms with E-state index in [0.717, 1.165) is 176 Å². The van der Waals surface area contributed by atoms with Crippen molar-refractivity contribution in [1.82, 2.24) is 19.6 Å². The van der Waals surface area contributed by atoms with Gasteiger partial charge in [-0.1, -0.05) is 116 Å². The molecular formula is C85H94Cl3FN8S4. The normalized spacial score (nSPS) is 17.2. The number of rotatable bonds is 16. The maximum Gasteiger partial charge on any atom is 0.103 e. The average Bonchev–Trinajstić information content (AvgIpc) is 0.852. The van der Waals surface area contributed by atoms with Crippen LogP contribution in [0.2, 0.25) is 15.1 Å². The monoisotopic (exact) mass is 1480 g/mol. The van der Waals surface area contributed by atoms with Crippen molar-refractivity contribution in [2.24, 2.45) is 23.7 Å². The van der Waals surface area contributed by atoms with Crippen LogP contribution in [0.5, 0.6) is 0 Å². The maximum atomic E-state index is 13.4. The van der Waals surface area contributed by atoms with E-state index >= 15 is 0 Å². The zero-order chi connectivity index (χ0) is 72.1. The first kappa shape index (κ1) is 78.9. The van der Waals surface area contributed by atoms with Gasteiger partial charge in [-0.3, -0.25) is 19.6 Å². The van der Waals surface area contributed by atoms with E-state index in [1.54, 1.807) is 35.3 Å². The Morgan fingerprint density at radius 2 is 0.604 bits per heavy atom. The molecule has 8 aromatic carbocycles. The van der Waals surface area contributed by atoms with Crippen LogP contribution < -0.4 is 0 Å². The molecule has 0 saturated carbocycles. The lowest BCUT2D eigenvalue weighted by Gasteiger charge is -2.35. The number of benzene rings is 8. The third-order valence-electron chi connectivity index (χ3n) is 18.7. The molecule has 8 nitrogen and oxygen atoms in total. The summed E-state index contributed by atoms with van der Waals surface area (Å²) in [5.74, 6) is 3.12. The lowest BCUT2D eigenvalue weighted by molar-refractivity contribution is 0.133. The number of likely N-dealkylation sites (tertiary alicyclic amines) is 4. The fraction of sp³-hybridized carbons (Fsp3) is 0.388. The van der Waals surface area contributed by atoms with Gasteiger partial charge in [-0.15, -0.1) is 0 Å². The predicted octanol–water partition coefficient (Wildman–Crippen LogP) is 23.2. The Labute approximate surface area is 634 Å². The van der Waals surface area contributed by atoms with Gasteiger partial charge in [0.1, 0.15) is 6.17 Å². The minimum absolute atomic E-state index is 0.591. The van der Waals surface area contributed by atoms with Crippen molar-refractivity contribution in [3.05, 3.63) is 233 Å². The van der Waals surface area contributed by atoms with Gasteiger partial charge < -0.3 is 0 Å². The molecule has 0 N–H and O–H groups in total. The molecular weight excluding hydrogens is 1390 g/mol. The number of piperidine rings is 4. The molecule has 4 fully saturated rings. The van der Waals surface area contributed by atoms with Gasteiger partial charge in [-0.25, -0.2) is 4.39 Å². The molecule has 0 aliphatic carbocycles. The Bertz CT molecular complexity index is 3870. The molecule has 4 heterocycles. The van der Waals surface area contributed by atoms with Gasteiger partial charge >= 0.3 is 0 Å². The molecule has 526 valence electrons. The third-order valence-corrected chi connectivity index (χ3v) is 23.7. The molecule has 4 aliphatic heterocycles. The Kier molecular flexibility index (Phi) is 30.5. The van der Waals surface area contributed by atoms with Gasteiger partial charge in [-0.2, -0.15) is 21.0 Å². The lowest BCUT2D eigenvalue weighted by atomic mass is 9.91. The SMILES string of the molecule is Cc1cc(C)cc(Sc2ccc(C#N)cc2CN2CCC(C)CC2)c1.Cc1cc(Cl)cc(Sc2ccc(C#N)cc2CN2CC(C)CC(C)C2)c1.Cc1cc(Cl)cc(Sc2ccc(C#N)cc2CN2CCC(C)CC2)c1.Cc1cc(Cl)cc(Sc2ccc(C#N)cc2CN2CCC(F)CC2)c1. The summed E-state index contributed by atoms with van der Waals surface area (Å²) in [5, 5.41) is 39.3. The molecule has 2 unspecified atom stereocenters. The second-order valence-corrected chi connectivity index (χ2v) is 34.1. The van der Waals surface area contributed by atoms with E-state index in [2.05, 4.69) is 160 Å². The smallest absolute Gasteiger partial charge is 0.103 e. The van der Waals surface area contributed by atoms with Crippen molar-refractivity contribution in [3.8, 4) is 24.3 Å². The molecule has 12 rings (SSSR count). The highest BCUT2D eigenvalue weighted by atomic mass is 35.5. The van der Waals surface area contributed by atoms with Crippen LogP contribution in [0.25, 0.3) is 0 Å². The number of hydrogen-bond donors (Lipinski definition) is 0. The minimum atomic E-state index is -0.676. The predicted molar refractivity (Wildman–Crippen MR) is 421 cm³/mol. The fourth-order valence-corrected chi connectivity index (χ4v) is 19.1. The molecule has 8 aromatic rings. The number of aryl methyl sites for hydroxylation is 5. The molecule has 4 saturated heterocycles. The number of alkyl halides is 1. The quantitative estimate of drug-likeness (QED) is 0.0919. The summed E-state index contributed by atoms with van der Waals surface area (Å²) in [4.78, 5) is 19.3. The summed E-state index contributed by atoms with van der Waals surface area (Å²) >= 11 is 25.5. The average molecular weight is 1480 g/mol. The zero-order valence-electron chi connectivity index (χ0n) is 59.9. The van der Waals surface area contributed by atoms with Crippen LogP contribution in [0.3, 0.4) is 0 Å². The third kappa shape index (κ3) is 25.6. The van der Waals surface area contributed by atoms with Gasteiger partial charge in [-0.05, 0) is 319 Å². The van der Waals surface area contributed by atoms with E-state index in [9.17, 15) is 25.4 Å². The zero-order valence-corrected chi connectivity index (χ0v) is 65.4. The largest absolute Gasteiger partial charge is 0.299 e. The summed E-state index contributed by atoms with van der Waals surface area (Å²) < 4.78 is 13.4. The molecule has 2 atom stereocenters. The van der Waals surface area contributed by atoms with Crippen LogP contribution in [0.4, 0.5) is 4.39 Å². The van der Waals surface area contributed by atoms with E-state index in [4.69, 9.17) is 34.8 Å². The van der Waals surface area contributed by atoms with Crippen molar-refractivity contribution in [1.29, 1.82) is 21.0 Å². The molecule has 4 aliphatic rings. The highest BCUT2D eigenvalue weighted by Gasteiger charge is 2.25. The first-order chi connectivity index (χ1) is 48.5.